The number of alkyl halides is 3. The van der Waals surface area contributed by atoms with Crippen LogP contribution in [0.25, 0.3) is 0 Å². The van der Waals surface area contributed by atoms with Gasteiger partial charge < -0.3 is 14.8 Å². The molecular weight excluding hydrogens is 342 g/mol. The summed E-state index contributed by atoms with van der Waals surface area (Å²) in [7, 11) is 0. The Hall–Kier alpha value is -2.77. The first kappa shape index (κ1) is 18.6. The fourth-order valence-electron chi connectivity index (χ4n) is 1.96. The molecule has 1 N–H and O–H groups in total. The molecule has 2 aromatic rings. The van der Waals surface area contributed by atoms with Gasteiger partial charge in [-0.3, -0.25) is 4.79 Å². The average Bonchev–Trinajstić information content (AvgIpc) is 2.54. The number of amides is 1. The van der Waals surface area contributed by atoms with Crippen molar-refractivity contribution in [3.63, 3.8) is 0 Å². The van der Waals surface area contributed by atoms with E-state index in [1.807, 2.05) is 0 Å². The van der Waals surface area contributed by atoms with Crippen LogP contribution in [0.1, 0.15) is 13.3 Å². The Morgan fingerprint density at radius 3 is 2.12 bits per heavy atom. The average molecular weight is 357 g/mol. The smallest absolute Gasteiger partial charge is 0.481 e. The Kier molecular flexibility index (Phi) is 5.84. The van der Waals surface area contributed by atoms with Gasteiger partial charge in [0.1, 0.15) is 17.3 Å². The summed E-state index contributed by atoms with van der Waals surface area (Å²) in [6.45, 7) is 1.73. The van der Waals surface area contributed by atoms with Crippen molar-refractivity contribution in [2.24, 2.45) is 0 Å². The summed E-state index contributed by atoms with van der Waals surface area (Å²) < 4.78 is 58.4. The van der Waals surface area contributed by atoms with Gasteiger partial charge in [-0.05, 0) is 55.0 Å². The Labute approximate surface area is 141 Å². The van der Waals surface area contributed by atoms with E-state index < -0.39 is 24.2 Å². The zero-order valence-electron chi connectivity index (χ0n) is 13.1. The van der Waals surface area contributed by atoms with Crippen LogP contribution in [0.3, 0.4) is 0 Å². The molecule has 0 radical (unpaired) electrons. The number of ether oxygens (including phenoxy) is 2. The maximum absolute atomic E-state index is 12.9. The number of hydrogen-bond acceptors (Lipinski definition) is 3. The lowest BCUT2D eigenvalue weighted by Crippen LogP contribution is -2.32. The molecule has 4 nitrogen and oxygen atoms in total. The molecule has 134 valence electrons. The highest BCUT2D eigenvalue weighted by atomic mass is 19.4. The van der Waals surface area contributed by atoms with Crippen LogP contribution in [0, 0.1) is 5.82 Å². The number of rotatable bonds is 6. The number of benzene rings is 2. The molecule has 1 amide bonds. The summed E-state index contributed by atoms with van der Waals surface area (Å²) in [4.78, 5) is 12.2. The Bertz CT molecular complexity index is 699. The lowest BCUT2D eigenvalue weighted by molar-refractivity contribution is -0.274. The molecule has 25 heavy (non-hydrogen) atoms. The molecule has 2 rings (SSSR count). The van der Waals surface area contributed by atoms with E-state index in [0.29, 0.717) is 17.9 Å². The number of hydrogen-bond donors (Lipinski definition) is 1. The molecule has 0 bridgehead atoms. The van der Waals surface area contributed by atoms with Crippen LogP contribution < -0.4 is 14.8 Å². The fourth-order valence-corrected chi connectivity index (χ4v) is 1.96. The van der Waals surface area contributed by atoms with E-state index in [1.54, 1.807) is 6.92 Å². The van der Waals surface area contributed by atoms with Crippen molar-refractivity contribution in [1.29, 1.82) is 0 Å². The van der Waals surface area contributed by atoms with Gasteiger partial charge in [0.2, 0.25) is 0 Å². The third-order valence-electron chi connectivity index (χ3n) is 3.11. The van der Waals surface area contributed by atoms with Crippen LogP contribution >= 0.6 is 0 Å². The van der Waals surface area contributed by atoms with E-state index in [9.17, 15) is 22.4 Å². The van der Waals surface area contributed by atoms with Gasteiger partial charge >= 0.3 is 6.36 Å². The first-order valence-corrected chi connectivity index (χ1v) is 7.35. The summed E-state index contributed by atoms with van der Waals surface area (Å²) in [5.41, 5.74) is 0.292. The van der Waals surface area contributed by atoms with E-state index in [0.717, 1.165) is 12.1 Å². The highest BCUT2D eigenvalue weighted by molar-refractivity contribution is 5.94. The molecule has 0 aliphatic heterocycles. The van der Waals surface area contributed by atoms with Gasteiger partial charge in [-0.25, -0.2) is 4.39 Å². The molecule has 8 heteroatoms. The minimum Gasteiger partial charge on any atom is -0.481 e. The SMILES string of the molecule is CC[C@H](Oc1ccc(F)cc1)C(=O)Nc1ccc(OC(F)(F)F)cc1. The maximum Gasteiger partial charge on any atom is 0.573 e. The van der Waals surface area contributed by atoms with E-state index in [1.165, 1.54) is 36.4 Å². The zero-order valence-corrected chi connectivity index (χ0v) is 13.1. The van der Waals surface area contributed by atoms with E-state index in [-0.39, 0.29) is 5.75 Å². The number of anilines is 1. The van der Waals surface area contributed by atoms with E-state index in [4.69, 9.17) is 4.74 Å². The van der Waals surface area contributed by atoms with E-state index in [2.05, 4.69) is 10.1 Å². The standard InChI is InChI=1S/C17H15F4NO3/c1-2-15(24-13-7-3-11(18)4-8-13)16(23)22-12-5-9-14(10-6-12)25-17(19,20)21/h3-10,15H,2H2,1H3,(H,22,23)/t15-/m0/s1. The van der Waals surface area contributed by atoms with Crippen molar-refractivity contribution in [3.8, 4) is 11.5 Å². The highest BCUT2D eigenvalue weighted by Crippen LogP contribution is 2.24. The van der Waals surface area contributed by atoms with E-state index >= 15 is 0 Å². The van der Waals surface area contributed by atoms with Gasteiger partial charge in [0.25, 0.3) is 5.91 Å². The second-order valence-corrected chi connectivity index (χ2v) is 5.03. The van der Waals surface area contributed by atoms with Gasteiger partial charge in [0, 0.05) is 5.69 Å². The number of carbonyl (C=O) groups excluding carboxylic acids is 1. The van der Waals surface area contributed by atoms with Crippen LogP contribution in [-0.4, -0.2) is 18.4 Å². The van der Waals surface area contributed by atoms with Crippen molar-refractivity contribution in [1.82, 2.24) is 0 Å². The monoisotopic (exact) mass is 357 g/mol. The minimum atomic E-state index is -4.78. The maximum atomic E-state index is 12.9. The van der Waals surface area contributed by atoms with Gasteiger partial charge in [0.15, 0.2) is 6.10 Å². The number of carbonyl (C=O) groups is 1. The van der Waals surface area contributed by atoms with Crippen LogP contribution in [0.15, 0.2) is 48.5 Å². The van der Waals surface area contributed by atoms with Crippen molar-refractivity contribution in [2.45, 2.75) is 25.8 Å². The van der Waals surface area contributed by atoms with Crippen LogP contribution in [0.4, 0.5) is 23.2 Å². The van der Waals surface area contributed by atoms with Gasteiger partial charge in [-0.15, -0.1) is 13.2 Å². The second-order valence-electron chi connectivity index (χ2n) is 5.03. The second kappa shape index (κ2) is 7.87. The fraction of sp³-hybridized carbons (Fsp3) is 0.235. The first-order valence-electron chi connectivity index (χ1n) is 7.35. The molecule has 0 aliphatic carbocycles. The van der Waals surface area contributed by atoms with Crippen LogP contribution in [0.2, 0.25) is 0 Å². The van der Waals surface area contributed by atoms with Crippen molar-refractivity contribution < 1.29 is 31.8 Å². The van der Waals surface area contributed by atoms with Crippen molar-refractivity contribution in [2.75, 3.05) is 5.32 Å². The first-order chi connectivity index (χ1) is 11.8. The number of halogens is 4. The summed E-state index contributed by atoms with van der Waals surface area (Å²) in [5.74, 6) is -0.959. The molecule has 1 atom stereocenters. The molecule has 0 saturated carbocycles. The summed E-state index contributed by atoms with van der Waals surface area (Å²) in [6, 6.07) is 9.95. The summed E-state index contributed by atoms with van der Waals surface area (Å²) >= 11 is 0. The third-order valence-corrected chi connectivity index (χ3v) is 3.11. The van der Waals surface area contributed by atoms with Crippen LogP contribution in [0.5, 0.6) is 11.5 Å². The molecule has 0 unspecified atom stereocenters. The van der Waals surface area contributed by atoms with Crippen molar-refractivity contribution >= 4 is 11.6 Å². The van der Waals surface area contributed by atoms with Gasteiger partial charge in [-0.2, -0.15) is 0 Å². The molecule has 0 fully saturated rings. The molecule has 0 aromatic heterocycles. The quantitative estimate of drug-likeness (QED) is 0.774. The summed E-state index contributed by atoms with van der Waals surface area (Å²) in [5, 5.41) is 2.54. The van der Waals surface area contributed by atoms with Crippen molar-refractivity contribution in [3.05, 3.63) is 54.3 Å². The predicted molar refractivity (Wildman–Crippen MR) is 82.9 cm³/mol. The third kappa shape index (κ3) is 5.98. The minimum absolute atomic E-state index is 0.292. The van der Waals surface area contributed by atoms with Crippen LogP contribution in [-0.2, 0) is 4.79 Å². The van der Waals surface area contributed by atoms with Gasteiger partial charge in [-0.1, -0.05) is 6.92 Å². The lowest BCUT2D eigenvalue weighted by Gasteiger charge is -2.17. The molecule has 2 aromatic carbocycles. The predicted octanol–water partition coefficient (Wildman–Crippen LogP) is 4.52. The Balaban J connectivity index is 1.97. The Morgan fingerprint density at radius 1 is 1.04 bits per heavy atom. The molecule has 0 spiro atoms. The molecule has 0 heterocycles. The molecule has 0 saturated heterocycles. The Morgan fingerprint density at radius 2 is 1.60 bits per heavy atom. The molecule has 0 aliphatic rings. The normalized spacial score (nSPS) is 12.4. The van der Waals surface area contributed by atoms with Gasteiger partial charge in [0.05, 0.1) is 0 Å². The zero-order chi connectivity index (χ0) is 18.4. The highest BCUT2D eigenvalue weighted by Gasteiger charge is 2.31. The topological polar surface area (TPSA) is 47.6 Å². The summed E-state index contributed by atoms with van der Waals surface area (Å²) in [6.07, 6.45) is -5.27. The number of nitrogens with one attached hydrogen (secondary N) is 1. The molecular formula is C17H15F4NO3. The largest absolute Gasteiger partial charge is 0.573 e. The lowest BCUT2D eigenvalue weighted by atomic mass is 10.2.